The van der Waals surface area contributed by atoms with Gasteiger partial charge in [0.15, 0.2) is 0 Å². The molecule has 12 heteroatoms. The van der Waals surface area contributed by atoms with E-state index in [1.807, 2.05) is 0 Å². The summed E-state index contributed by atoms with van der Waals surface area (Å²) in [6.07, 6.45) is -1.60. The fourth-order valence-corrected chi connectivity index (χ4v) is 3.67. The van der Waals surface area contributed by atoms with E-state index >= 15 is 0 Å². The molecule has 1 atom stereocenters. The molecule has 38 heavy (non-hydrogen) atoms. The lowest BCUT2D eigenvalue weighted by Gasteiger charge is -2.31. The van der Waals surface area contributed by atoms with Crippen LogP contribution in [0.5, 0.6) is 0 Å². The highest BCUT2D eigenvalue weighted by Gasteiger charge is 2.41. The third kappa shape index (κ3) is 10.1. The number of alkyl carbamates (subject to hydrolysis) is 1. The van der Waals surface area contributed by atoms with Gasteiger partial charge in [0.25, 0.3) is 0 Å². The lowest BCUT2D eigenvalue weighted by molar-refractivity contribution is -0.150. The molecule has 2 aromatic rings. The van der Waals surface area contributed by atoms with Crippen LogP contribution in [0.1, 0.15) is 48.4 Å². The van der Waals surface area contributed by atoms with Gasteiger partial charge in [-0.3, -0.25) is 0 Å². The fourth-order valence-electron chi connectivity index (χ4n) is 2.86. The maximum atomic E-state index is 12.7. The molecule has 0 aromatic heterocycles. The topological polar surface area (TPSA) is 144 Å². The first kappa shape index (κ1) is 30.2. The summed E-state index contributed by atoms with van der Waals surface area (Å²) in [4.78, 5) is 61.4. The molecule has 0 aliphatic carbocycles. The quantitative estimate of drug-likeness (QED) is 0.244. The zero-order valence-corrected chi connectivity index (χ0v) is 22.1. The molecule has 2 aromatic carbocycles. The Morgan fingerprint density at radius 3 is 1.71 bits per heavy atom. The number of esters is 3. The van der Waals surface area contributed by atoms with Gasteiger partial charge in [-0.05, 0) is 63.7 Å². The van der Waals surface area contributed by atoms with Gasteiger partial charge in [0.05, 0.1) is 22.0 Å². The molecule has 0 radical (unpaired) electrons. The van der Waals surface area contributed by atoms with Crippen molar-refractivity contribution in [1.82, 2.24) is 5.32 Å². The summed E-state index contributed by atoms with van der Waals surface area (Å²) in [6.45, 7) is 4.86. The van der Waals surface area contributed by atoms with Crippen LogP contribution in [0, 0.1) is 0 Å². The van der Waals surface area contributed by atoms with E-state index in [2.05, 4.69) is 5.32 Å². The molecule has 0 aliphatic rings. The Morgan fingerprint density at radius 1 is 0.763 bits per heavy atom. The van der Waals surface area contributed by atoms with E-state index < -0.39 is 59.8 Å². The molecular weight excluding hydrogens is 518 g/mol. The zero-order valence-electron chi connectivity index (χ0n) is 21.3. The van der Waals surface area contributed by atoms with Crippen molar-refractivity contribution < 1.29 is 47.7 Å². The van der Waals surface area contributed by atoms with Crippen molar-refractivity contribution in [3.05, 3.63) is 71.8 Å². The molecule has 0 saturated heterocycles. The highest BCUT2D eigenvalue weighted by Crippen LogP contribution is 2.31. The molecule has 0 heterocycles. The zero-order chi connectivity index (χ0) is 28.1. The largest absolute Gasteiger partial charge is 0.461 e. The second-order valence-corrected chi connectivity index (χ2v) is 10.0. The van der Waals surface area contributed by atoms with Crippen LogP contribution >= 0.6 is 11.8 Å². The van der Waals surface area contributed by atoms with Gasteiger partial charge in [0, 0.05) is 0 Å². The molecule has 2 rings (SSSR count). The number of nitrogens with one attached hydrogen (secondary N) is 1. The van der Waals surface area contributed by atoms with Crippen molar-refractivity contribution in [2.45, 2.75) is 44.6 Å². The minimum Gasteiger partial charge on any atom is -0.461 e. The van der Waals surface area contributed by atoms with Crippen molar-refractivity contribution in [1.29, 1.82) is 0 Å². The highest BCUT2D eigenvalue weighted by molar-refractivity contribution is 8.14. The van der Waals surface area contributed by atoms with Crippen molar-refractivity contribution in [3.63, 3.8) is 0 Å². The SMILES string of the molecule is CC(C)OC(=O)[C@H](NC(=O)OCOC(=O)c1ccccc1)C(C)(C)SC(=O)OCOC(=O)c1ccccc1. The summed E-state index contributed by atoms with van der Waals surface area (Å²) < 4.78 is 23.5. The van der Waals surface area contributed by atoms with E-state index in [0.717, 1.165) is 0 Å². The molecular formula is C26H29NO10S. The summed E-state index contributed by atoms with van der Waals surface area (Å²) in [5, 5.41) is 1.47. The van der Waals surface area contributed by atoms with E-state index in [1.165, 1.54) is 26.0 Å². The van der Waals surface area contributed by atoms with E-state index in [4.69, 9.17) is 23.7 Å². The number of ether oxygens (including phenoxy) is 5. The maximum absolute atomic E-state index is 12.7. The monoisotopic (exact) mass is 547 g/mol. The molecule has 204 valence electrons. The molecule has 0 fully saturated rings. The normalized spacial score (nSPS) is 11.6. The fraction of sp³-hybridized carbons (Fsp3) is 0.346. The van der Waals surface area contributed by atoms with Gasteiger partial charge >= 0.3 is 29.3 Å². The minimum absolute atomic E-state index is 0.264. The summed E-state index contributed by atoms with van der Waals surface area (Å²) in [7, 11) is 0. The van der Waals surface area contributed by atoms with Gasteiger partial charge < -0.3 is 29.0 Å². The van der Waals surface area contributed by atoms with Gasteiger partial charge in [-0.1, -0.05) is 36.4 Å². The third-order valence-corrected chi connectivity index (χ3v) is 5.70. The standard InChI is InChI=1S/C26H29NO10S/c1-17(2)37-23(30)20(27-24(31)35-15-33-21(28)18-11-7-5-8-12-18)26(3,4)38-25(32)36-16-34-22(29)19-13-9-6-10-14-19/h5-14,17,20H,15-16H2,1-4H3,(H,27,31)/t20-/m0/s1. The van der Waals surface area contributed by atoms with Gasteiger partial charge in [-0.25, -0.2) is 24.0 Å². The van der Waals surface area contributed by atoms with Crippen LogP contribution in [-0.4, -0.2) is 59.8 Å². The average molecular weight is 548 g/mol. The van der Waals surface area contributed by atoms with E-state index in [-0.39, 0.29) is 11.1 Å². The number of carbonyl (C=O) groups is 5. The summed E-state index contributed by atoms with van der Waals surface area (Å²) in [5.41, 5.74) is 0.547. The third-order valence-electron chi connectivity index (χ3n) is 4.66. The van der Waals surface area contributed by atoms with Gasteiger partial charge in [0.1, 0.15) is 6.04 Å². The minimum atomic E-state index is -1.37. The Kier molecular flexibility index (Phi) is 11.6. The molecule has 0 unspecified atom stereocenters. The van der Waals surface area contributed by atoms with Crippen LogP contribution in [0.3, 0.4) is 0 Å². The second kappa shape index (κ2) is 14.6. The summed E-state index contributed by atoms with van der Waals surface area (Å²) >= 11 is 0.572. The number of rotatable bonds is 11. The predicted octanol–water partition coefficient (Wildman–Crippen LogP) is 4.31. The lowest BCUT2D eigenvalue weighted by Crippen LogP contribution is -2.54. The highest BCUT2D eigenvalue weighted by atomic mass is 32.2. The Balaban J connectivity index is 1.92. The first-order valence-corrected chi connectivity index (χ1v) is 12.2. The Hall–Kier alpha value is -4.06. The van der Waals surface area contributed by atoms with Crippen LogP contribution in [0.4, 0.5) is 9.59 Å². The molecule has 11 nitrogen and oxygen atoms in total. The number of amides is 1. The lowest BCUT2D eigenvalue weighted by atomic mass is 10.0. The molecule has 1 N–H and O–H groups in total. The predicted molar refractivity (Wildman–Crippen MR) is 136 cm³/mol. The second-order valence-electron chi connectivity index (χ2n) is 8.43. The van der Waals surface area contributed by atoms with Crippen LogP contribution < -0.4 is 5.32 Å². The van der Waals surface area contributed by atoms with Gasteiger partial charge in [-0.2, -0.15) is 0 Å². The Bertz CT molecular complexity index is 1110. The smallest absolute Gasteiger partial charge is 0.410 e. The number of benzene rings is 2. The first-order valence-electron chi connectivity index (χ1n) is 11.4. The van der Waals surface area contributed by atoms with Crippen molar-refractivity contribution in [2.75, 3.05) is 13.6 Å². The maximum Gasteiger partial charge on any atom is 0.410 e. The molecule has 0 bridgehead atoms. The number of hydrogen-bond donors (Lipinski definition) is 1. The first-order chi connectivity index (χ1) is 18.0. The van der Waals surface area contributed by atoms with Crippen LogP contribution in [0.2, 0.25) is 0 Å². The van der Waals surface area contributed by atoms with Crippen molar-refractivity contribution >= 4 is 41.1 Å². The summed E-state index contributed by atoms with van der Waals surface area (Å²) in [6, 6.07) is 14.8. The van der Waals surface area contributed by atoms with E-state index in [9.17, 15) is 24.0 Å². The van der Waals surface area contributed by atoms with Gasteiger partial charge in [-0.15, -0.1) is 0 Å². The average Bonchev–Trinajstić information content (AvgIpc) is 2.87. The Morgan fingerprint density at radius 2 is 1.24 bits per heavy atom. The van der Waals surface area contributed by atoms with Crippen LogP contribution in [0.15, 0.2) is 60.7 Å². The number of carbonyl (C=O) groups excluding carboxylic acids is 5. The van der Waals surface area contributed by atoms with Crippen LogP contribution in [-0.2, 0) is 28.5 Å². The van der Waals surface area contributed by atoms with Crippen molar-refractivity contribution in [2.24, 2.45) is 0 Å². The van der Waals surface area contributed by atoms with Gasteiger partial charge in [0.2, 0.25) is 13.6 Å². The Labute approximate surface area is 224 Å². The molecule has 0 saturated carbocycles. The van der Waals surface area contributed by atoms with Crippen LogP contribution in [0.25, 0.3) is 0 Å². The van der Waals surface area contributed by atoms with Crippen molar-refractivity contribution in [3.8, 4) is 0 Å². The summed E-state index contributed by atoms with van der Waals surface area (Å²) in [5.74, 6) is -2.22. The van der Waals surface area contributed by atoms with E-state index in [1.54, 1.807) is 62.4 Å². The number of thioether (sulfide) groups is 1. The van der Waals surface area contributed by atoms with E-state index in [0.29, 0.717) is 11.8 Å². The molecule has 0 spiro atoms. The molecule has 0 aliphatic heterocycles. The molecule has 1 amide bonds. The number of hydrogen-bond acceptors (Lipinski definition) is 11.